The summed E-state index contributed by atoms with van der Waals surface area (Å²) in [6.07, 6.45) is 1.74. The SMILES string of the molecule is Cc1cc(C(F)F)n2ncc(C(=O)Nc3cccc(Cn4cc(Cl)cn4)c3)c2n1. The van der Waals surface area contributed by atoms with Crippen LogP contribution in [-0.2, 0) is 6.54 Å². The van der Waals surface area contributed by atoms with E-state index in [2.05, 4.69) is 20.5 Å². The van der Waals surface area contributed by atoms with Gasteiger partial charge in [-0.25, -0.2) is 18.3 Å². The van der Waals surface area contributed by atoms with Gasteiger partial charge >= 0.3 is 0 Å². The lowest BCUT2D eigenvalue weighted by molar-refractivity contribution is 0.102. The van der Waals surface area contributed by atoms with Gasteiger partial charge in [-0.1, -0.05) is 23.7 Å². The number of aryl methyl sites for hydroxylation is 1. The summed E-state index contributed by atoms with van der Waals surface area (Å²) in [5.74, 6) is -0.488. The Balaban J connectivity index is 1.59. The first kappa shape index (κ1) is 19.0. The molecule has 0 aliphatic heterocycles. The number of carbonyl (C=O) groups is 1. The van der Waals surface area contributed by atoms with Gasteiger partial charge in [0.25, 0.3) is 12.3 Å². The molecule has 0 fully saturated rings. The van der Waals surface area contributed by atoms with E-state index in [-0.39, 0.29) is 16.9 Å². The number of nitrogens with one attached hydrogen (secondary N) is 1. The summed E-state index contributed by atoms with van der Waals surface area (Å²) < 4.78 is 29.2. The van der Waals surface area contributed by atoms with Crippen molar-refractivity contribution >= 4 is 28.8 Å². The molecular formula is C19H15ClF2N6O. The highest BCUT2D eigenvalue weighted by Crippen LogP contribution is 2.22. The molecule has 0 aliphatic rings. The number of amides is 1. The van der Waals surface area contributed by atoms with Crippen molar-refractivity contribution < 1.29 is 13.6 Å². The van der Waals surface area contributed by atoms with E-state index in [0.29, 0.717) is 22.9 Å². The Kier molecular flexibility index (Phi) is 4.98. The molecule has 0 aliphatic carbocycles. The van der Waals surface area contributed by atoms with Crippen LogP contribution >= 0.6 is 11.6 Å². The largest absolute Gasteiger partial charge is 0.322 e. The molecule has 0 spiro atoms. The Labute approximate surface area is 168 Å². The second-order valence-electron chi connectivity index (χ2n) is 6.43. The minimum Gasteiger partial charge on any atom is -0.322 e. The summed E-state index contributed by atoms with van der Waals surface area (Å²) in [4.78, 5) is 16.9. The van der Waals surface area contributed by atoms with Crippen LogP contribution in [0, 0.1) is 6.92 Å². The second kappa shape index (κ2) is 7.59. The maximum atomic E-state index is 13.3. The Morgan fingerprint density at radius 3 is 2.79 bits per heavy atom. The van der Waals surface area contributed by atoms with E-state index in [4.69, 9.17) is 11.6 Å². The summed E-state index contributed by atoms with van der Waals surface area (Å²) in [5.41, 5.74) is 1.71. The molecule has 3 aromatic heterocycles. The minimum absolute atomic E-state index is 0.0835. The minimum atomic E-state index is -2.73. The van der Waals surface area contributed by atoms with Crippen LogP contribution in [0.2, 0.25) is 5.02 Å². The lowest BCUT2D eigenvalue weighted by atomic mass is 10.2. The lowest BCUT2D eigenvalue weighted by Gasteiger charge is -2.08. The lowest BCUT2D eigenvalue weighted by Crippen LogP contribution is -2.13. The summed E-state index contributed by atoms with van der Waals surface area (Å²) in [5, 5.41) is 11.3. The maximum Gasteiger partial charge on any atom is 0.280 e. The number of anilines is 1. The number of carbonyl (C=O) groups excluding carboxylic acids is 1. The predicted octanol–water partition coefficient (Wildman–Crippen LogP) is 4.13. The van der Waals surface area contributed by atoms with Gasteiger partial charge in [0.15, 0.2) is 5.65 Å². The Hall–Kier alpha value is -3.33. The third-order valence-electron chi connectivity index (χ3n) is 4.23. The molecule has 1 N–H and O–H groups in total. The van der Waals surface area contributed by atoms with Crippen molar-refractivity contribution in [2.75, 3.05) is 5.32 Å². The number of fused-ring (bicyclic) bond motifs is 1. The molecule has 0 bridgehead atoms. The zero-order valence-corrected chi connectivity index (χ0v) is 15.9. The highest BCUT2D eigenvalue weighted by atomic mass is 35.5. The molecule has 0 saturated carbocycles. The zero-order chi connectivity index (χ0) is 20.5. The fourth-order valence-electron chi connectivity index (χ4n) is 2.99. The van der Waals surface area contributed by atoms with Crippen LogP contribution in [0.1, 0.15) is 33.7 Å². The molecule has 10 heteroatoms. The monoisotopic (exact) mass is 416 g/mol. The van der Waals surface area contributed by atoms with Crippen LogP contribution in [0.15, 0.2) is 48.9 Å². The molecule has 148 valence electrons. The third-order valence-corrected chi connectivity index (χ3v) is 4.42. The number of hydrogen-bond donors (Lipinski definition) is 1. The maximum absolute atomic E-state index is 13.3. The number of benzene rings is 1. The van der Waals surface area contributed by atoms with Crippen molar-refractivity contribution in [3.8, 4) is 0 Å². The Morgan fingerprint density at radius 1 is 1.24 bits per heavy atom. The van der Waals surface area contributed by atoms with E-state index in [9.17, 15) is 13.6 Å². The number of halogens is 3. The van der Waals surface area contributed by atoms with Crippen LogP contribution in [-0.4, -0.2) is 30.3 Å². The van der Waals surface area contributed by atoms with E-state index in [1.807, 2.05) is 6.07 Å². The number of aromatic nitrogens is 5. The molecule has 29 heavy (non-hydrogen) atoms. The van der Waals surface area contributed by atoms with Crippen LogP contribution in [0.5, 0.6) is 0 Å². The fourth-order valence-corrected chi connectivity index (χ4v) is 3.14. The van der Waals surface area contributed by atoms with Gasteiger partial charge in [-0.3, -0.25) is 9.48 Å². The first-order chi connectivity index (χ1) is 13.9. The van der Waals surface area contributed by atoms with Gasteiger partial charge in [-0.2, -0.15) is 10.2 Å². The van der Waals surface area contributed by atoms with E-state index < -0.39 is 12.3 Å². The van der Waals surface area contributed by atoms with E-state index in [1.165, 1.54) is 12.3 Å². The van der Waals surface area contributed by atoms with Gasteiger partial charge in [-0.15, -0.1) is 0 Å². The van der Waals surface area contributed by atoms with Crippen molar-refractivity contribution in [3.63, 3.8) is 0 Å². The Bertz CT molecular complexity index is 1200. The Morgan fingerprint density at radius 2 is 2.07 bits per heavy atom. The summed E-state index contributed by atoms with van der Waals surface area (Å²) >= 11 is 5.87. The smallest absolute Gasteiger partial charge is 0.280 e. The van der Waals surface area contributed by atoms with Crippen molar-refractivity contribution in [2.45, 2.75) is 19.9 Å². The van der Waals surface area contributed by atoms with E-state index in [0.717, 1.165) is 10.1 Å². The first-order valence-corrected chi connectivity index (χ1v) is 9.00. The number of nitrogens with zero attached hydrogens (tertiary/aromatic N) is 5. The third kappa shape index (κ3) is 3.95. The molecule has 4 aromatic rings. The summed E-state index contributed by atoms with van der Waals surface area (Å²) in [6, 6.07) is 8.45. The van der Waals surface area contributed by atoms with Crippen molar-refractivity contribution in [1.29, 1.82) is 0 Å². The topological polar surface area (TPSA) is 77.1 Å². The van der Waals surface area contributed by atoms with Crippen LogP contribution < -0.4 is 5.32 Å². The molecule has 0 unspecified atom stereocenters. The quantitative estimate of drug-likeness (QED) is 0.530. The fraction of sp³-hybridized carbons (Fsp3) is 0.158. The van der Waals surface area contributed by atoms with Crippen molar-refractivity contribution in [2.24, 2.45) is 0 Å². The van der Waals surface area contributed by atoms with Gasteiger partial charge in [-0.05, 0) is 30.7 Å². The van der Waals surface area contributed by atoms with Gasteiger partial charge < -0.3 is 5.32 Å². The molecule has 1 aromatic carbocycles. The number of alkyl halides is 2. The molecule has 7 nitrogen and oxygen atoms in total. The molecule has 0 atom stereocenters. The summed E-state index contributed by atoms with van der Waals surface area (Å²) in [6.45, 7) is 2.07. The molecular weight excluding hydrogens is 402 g/mol. The average Bonchev–Trinajstić information content (AvgIpc) is 3.27. The van der Waals surface area contributed by atoms with Gasteiger partial charge in [0.2, 0.25) is 0 Å². The molecule has 3 heterocycles. The number of hydrogen-bond acceptors (Lipinski definition) is 4. The molecule has 0 saturated heterocycles. The van der Waals surface area contributed by atoms with Crippen LogP contribution in [0.4, 0.5) is 14.5 Å². The van der Waals surface area contributed by atoms with Crippen LogP contribution in [0.25, 0.3) is 5.65 Å². The second-order valence-corrected chi connectivity index (χ2v) is 6.86. The molecule has 4 rings (SSSR count). The van der Waals surface area contributed by atoms with Gasteiger partial charge in [0.05, 0.1) is 24.0 Å². The molecule has 0 radical (unpaired) electrons. The van der Waals surface area contributed by atoms with Gasteiger partial charge in [0, 0.05) is 17.6 Å². The highest BCUT2D eigenvalue weighted by Gasteiger charge is 2.20. The van der Waals surface area contributed by atoms with E-state index in [1.54, 1.807) is 42.2 Å². The van der Waals surface area contributed by atoms with Crippen molar-refractivity contribution in [1.82, 2.24) is 24.4 Å². The normalized spacial score (nSPS) is 11.3. The van der Waals surface area contributed by atoms with Crippen LogP contribution in [0.3, 0.4) is 0 Å². The van der Waals surface area contributed by atoms with Gasteiger partial charge in [0.1, 0.15) is 11.3 Å². The zero-order valence-electron chi connectivity index (χ0n) is 15.2. The standard InChI is InChI=1S/C19H15ClF2N6O/c1-11-5-16(17(21)22)28-18(25-11)15(8-24-28)19(29)26-14-4-2-3-12(6-14)9-27-10-13(20)7-23-27/h2-8,10,17H,9H2,1H3,(H,26,29). The molecule has 1 amide bonds. The van der Waals surface area contributed by atoms with E-state index >= 15 is 0 Å². The predicted molar refractivity (Wildman–Crippen MR) is 103 cm³/mol. The first-order valence-electron chi connectivity index (χ1n) is 8.62. The highest BCUT2D eigenvalue weighted by molar-refractivity contribution is 6.30. The number of rotatable bonds is 5. The summed E-state index contributed by atoms with van der Waals surface area (Å²) in [7, 11) is 0. The van der Waals surface area contributed by atoms with Crippen molar-refractivity contribution in [3.05, 3.63) is 76.5 Å². The average molecular weight is 417 g/mol.